The Labute approximate surface area is 153 Å². The first-order valence-corrected chi connectivity index (χ1v) is 8.80. The first-order valence-electron chi connectivity index (χ1n) is 8.01. The maximum atomic E-state index is 13.4. The van der Waals surface area contributed by atoms with Crippen molar-refractivity contribution >= 4 is 32.9 Å². The van der Waals surface area contributed by atoms with E-state index in [1.165, 1.54) is 12.1 Å². The minimum absolute atomic E-state index is 0.240. The van der Waals surface area contributed by atoms with E-state index in [-0.39, 0.29) is 17.6 Å². The molecule has 0 saturated carbocycles. The van der Waals surface area contributed by atoms with Gasteiger partial charge in [-0.15, -0.1) is 0 Å². The zero-order valence-electron chi connectivity index (χ0n) is 14.2. The molecule has 2 heterocycles. The SMILES string of the molecule is CC(C)c1[nH]nc(C(=O)NCCc2nc3ccc(F)cc3n2C)c1Br. The second kappa shape index (κ2) is 6.95. The van der Waals surface area contributed by atoms with Gasteiger partial charge < -0.3 is 9.88 Å². The van der Waals surface area contributed by atoms with E-state index in [1.807, 2.05) is 25.5 Å². The molecule has 0 aliphatic rings. The number of imidazole rings is 1. The molecule has 0 unspecified atom stereocenters. The highest BCUT2D eigenvalue weighted by atomic mass is 79.9. The van der Waals surface area contributed by atoms with E-state index in [4.69, 9.17) is 0 Å². The van der Waals surface area contributed by atoms with Crippen LogP contribution < -0.4 is 5.32 Å². The van der Waals surface area contributed by atoms with Gasteiger partial charge in [-0.25, -0.2) is 9.37 Å². The summed E-state index contributed by atoms with van der Waals surface area (Å²) in [6.07, 6.45) is 0.539. The molecule has 3 rings (SSSR count). The van der Waals surface area contributed by atoms with Gasteiger partial charge >= 0.3 is 0 Å². The normalized spacial score (nSPS) is 11.4. The quantitative estimate of drug-likeness (QED) is 0.681. The fraction of sp³-hybridized carbons (Fsp3) is 0.353. The van der Waals surface area contributed by atoms with Crippen LogP contribution in [-0.4, -0.2) is 32.2 Å². The molecule has 2 aromatic heterocycles. The van der Waals surface area contributed by atoms with Crippen LogP contribution in [-0.2, 0) is 13.5 Å². The number of benzene rings is 1. The van der Waals surface area contributed by atoms with Crippen molar-refractivity contribution in [2.45, 2.75) is 26.2 Å². The Morgan fingerprint density at radius 1 is 1.44 bits per heavy atom. The molecule has 1 aromatic carbocycles. The Morgan fingerprint density at radius 3 is 2.88 bits per heavy atom. The summed E-state index contributed by atoms with van der Waals surface area (Å²) in [6, 6.07) is 4.50. The monoisotopic (exact) mass is 407 g/mol. The van der Waals surface area contributed by atoms with Gasteiger partial charge in [-0.2, -0.15) is 5.10 Å². The molecular formula is C17H19BrFN5O. The zero-order valence-corrected chi connectivity index (χ0v) is 15.8. The van der Waals surface area contributed by atoms with Gasteiger partial charge in [0.25, 0.3) is 5.91 Å². The molecule has 0 radical (unpaired) electrons. The summed E-state index contributed by atoms with van der Waals surface area (Å²) >= 11 is 3.42. The lowest BCUT2D eigenvalue weighted by molar-refractivity contribution is 0.0948. The second-order valence-electron chi connectivity index (χ2n) is 6.18. The number of H-pyrrole nitrogens is 1. The first kappa shape index (κ1) is 17.6. The standard InChI is InChI=1S/C17H19BrFN5O/c1-9(2)15-14(18)16(23-22-15)17(25)20-7-6-13-21-11-5-4-10(19)8-12(11)24(13)3/h4-5,8-9H,6-7H2,1-3H3,(H,20,25)(H,22,23). The minimum atomic E-state index is -0.292. The molecule has 0 saturated heterocycles. The fourth-order valence-corrected chi connectivity index (χ4v) is 3.50. The third-order valence-corrected chi connectivity index (χ3v) is 4.90. The summed E-state index contributed by atoms with van der Waals surface area (Å²) in [5.74, 6) is 0.480. The minimum Gasteiger partial charge on any atom is -0.350 e. The van der Waals surface area contributed by atoms with Crippen molar-refractivity contribution < 1.29 is 9.18 Å². The van der Waals surface area contributed by atoms with Crippen molar-refractivity contribution in [3.05, 3.63) is 45.7 Å². The van der Waals surface area contributed by atoms with E-state index in [0.717, 1.165) is 22.6 Å². The fourth-order valence-electron chi connectivity index (χ4n) is 2.68. The van der Waals surface area contributed by atoms with E-state index in [0.29, 0.717) is 23.1 Å². The Balaban J connectivity index is 1.67. The van der Waals surface area contributed by atoms with Gasteiger partial charge in [0, 0.05) is 20.0 Å². The van der Waals surface area contributed by atoms with Crippen LogP contribution >= 0.6 is 15.9 Å². The Morgan fingerprint density at radius 2 is 2.20 bits per heavy atom. The molecule has 0 aliphatic carbocycles. The zero-order chi connectivity index (χ0) is 18.1. The molecule has 6 nitrogen and oxygen atoms in total. The number of amides is 1. The van der Waals surface area contributed by atoms with Crippen LogP contribution in [0.15, 0.2) is 22.7 Å². The van der Waals surface area contributed by atoms with Crippen molar-refractivity contribution in [2.75, 3.05) is 6.54 Å². The molecule has 0 bridgehead atoms. The molecule has 0 fully saturated rings. The van der Waals surface area contributed by atoms with E-state index < -0.39 is 0 Å². The van der Waals surface area contributed by atoms with Crippen LogP contribution in [0.5, 0.6) is 0 Å². The number of carbonyl (C=O) groups is 1. The highest BCUT2D eigenvalue weighted by Gasteiger charge is 2.19. The number of rotatable bonds is 5. The van der Waals surface area contributed by atoms with Crippen molar-refractivity contribution in [3.8, 4) is 0 Å². The molecule has 3 aromatic rings. The van der Waals surface area contributed by atoms with Crippen LogP contribution in [0.1, 0.15) is 41.8 Å². The average Bonchev–Trinajstić information content (AvgIpc) is 3.09. The van der Waals surface area contributed by atoms with Gasteiger partial charge in [-0.05, 0) is 40.0 Å². The largest absolute Gasteiger partial charge is 0.350 e. The predicted octanol–water partition coefficient (Wildman–Crippen LogP) is 3.29. The van der Waals surface area contributed by atoms with Gasteiger partial charge in [0.1, 0.15) is 11.6 Å². The Kier molecular flexibility index (Phi) is 4.89. The van der Waals surface area contributed by atoms with Gasteiger partial charge in [0.15, 0.2) is 5.69 Å². The molecule has 0 atom stereocenters. The highest BCUT2D eigenvalue weighted by Crippen LogP contribution is 2.25. The van der Waals surface area contributed by atoms with Gasteiger partial charge in [-0.3, -0.25) is 9.89 Å². The van der Waals surface area contributed by atoms with Crippen LogP contribution in [0.25, 0.3) is 11.0 Å². The summed E-state index contributed by atoms with van der Waals surface area (Å²) in [6.45, 7) is 4.46. The molecular weight excluding hydrogens is 389 g/mol. The third kappa shape index (κ3) is 3.44. The number of aromatic amines is 1. The summed E-state index contributed by atoms with van der Waals surface area (Å²) in [5.41, 5.74) is 2.71. The van der Waals surface area contributed by atoms with E-state index >= 15 is 0 Å². The van der Waals surface area contributed by atoms with Crippen molar-refractivity contribution in [3.63, 3.8) is 0 Å². The number of nitrogens with zero attached hydrogens (tertiary/aromatic N) is 3. The summed E-state index contributed by atoms with van der Waals surface area (Å²) in [7, 11) is 1.84. The number of fused-ring (bicyclic) bond motifs is 1. The van der Waals surface area contributed by atoms with Gasteiger partial charge in [0.2, 0.25) is 0 Å². The van der Waals surface area contributed by atoms with Crippen LogP contribution in [0, 0.1) is 5.82 Å². The number of aromatic nitrogens is 4. The molecule has 8 heteroatoms. The van der Waals surface area contributed by atoms with E-state index in [2.05, 4.69) is 36.4 Å². The second-order valence-corrected chi connectivity index (χ2v) is 6.97. The number of aryl methyl sites for hydroxylation is 1. The number of halogens is 2. The maximum Gasteiger partial charge on any atom is 0.272 e. The van der Waals surface area contributed by atoms with Crippen molar-refractivity contribution in [2.24, 2.45) is 7.05 Å². The smallest absolute Gasteiger partial charge is 0.272 e. The summed E-state index contributed by atoms with van der Waals surface area (Å²) < 4.78 is 15.9. The number of carbonyl (C=O) groups excluding carboxylic acids is 1. The first-order chi connectivity index (χ1) is 11.9. The lowest BCUT2D eigenvalue weighted by atomic mass is 10.1. The molecule has 1 amide bonds. The maximum absolute atomic E-state index is 13.4. The topological polar surface area (TPSA) is 75.6 Å². The highest BCUT2D eigenvalue weighted by molar-refractivity contribution is 9.10. The lowest BCUT2D eigenvalue weighted by Gasteiger charge is -2.05. The molecule has 0 spiro atoms. The third-order valence-electron chi connectivity index (χ3n) is 4.09. The van der Waals surface area contributed by atoms with Crippen LogP contribution in [0.3, 0.4) is 0 Å². The predicted molar refractivity (Wildman–Crippen MR) is 97.1 cm³/mol. The Bertz CT molecular complexity index is 931. The Hall–Kier alpha value is -2.22. The van der Waals surface area contributed by atoms with E-state index in [1.54, 1.807) is 6.07 Å². The van der Waals surface area contributed by atoms with Crippen molar-refractivity contribution in [1.82, 2.24) is 25.1 Å². The number of hydrogen-bond acceptors (Lipinski definition) is 3. The molecule has 2 N–H and O–H groups in total. The molecule has 25 heavy (non-hydrogen) atoms. The summed E-state index contributed by atoms with van der Waals surface area (Å²) in [5, 5.41) is 9.81. The molecule has 132 valence electrons. The van der Waals surface area contributed by atoms with Gasteiger partial charge in [0.05, 0.1) is 21.2 Å². The average molecular weight is 408 g/mol. The van der Waals surface area contributed by atoms with Crippen LogP contribution in [0.2, 0.25) is 0 Å². The molecule has 0 aliphatic heterocycles. The number of hydrogen-bond donors (Lipinski definition) is 2. The van der Waals surface area contributed by atoms with Crippen molar-refractivity contribution in [1.29, 1.82) is 0 Å². The number of nitrogens with one attached hydrogen (secondary N) is 2. The summed E-state index contributed by atoms with van der Waals surface area (Å²) in [4.78, 5) is 16.8. The van der Waals surface area contributed by atoms with E-state index in [9.17, 15) is 9.18 Å². The lowest BCUT2D eigenvalue weighted by Crippen LogP contribution is -2.27. The van der Waals surface area contributed by atoms with Gasteiger partial charge in [-0.1, -0.05) is 13.8 Å². The van der Waals surface area contributed by atoms with Crippen LogP contribution in [0.4, 0.5) is 4.39 Å².